The second-order valence-electron chi connectivity index (χ2n) is 2.75. The van der Waals surface area contributed by atoms with Gasteiger partial charge in [0.15, 0.2) is 0 Å². The molecule has 0 aromatic heterocycles. The van der Waals surface area contributed by atoms with Crippen molar-refractivity contribution < 1.29 is 5.11 Å². The molecule has 1 rings (SSSR count). The molecule has 0 spiro atoms. The molecule has 0 aliphatic heterocycles. The third kappa shape index (κ3) is 3.34. The SMILES string of the molecule is NC[C@@H](O)CNc1ccccc1Br. The first-order chi connectivity index (χ1) is 6.24. The first kappa shape index (κ1) is 10.5. The van der Waals surface area contributed by atoms with Crippen molar-refractivity contribution in [2.45, 2.75) is 6.10 Å². The first-order valence-corrected chi connectivity index (χ1v) is 4.90. The summed E-state index contributed by atoms with van der Waals surface area (Å²) in [5.74, 6) is 0. The molecule has 0 fully saturated rings. The average Bonchev–Trinajstić information content (AvgIpc) is 2.16. The lowest BCUT2D eigenvalue weighted by molar-refractivity contribution is 0.196. The van der Waals surface area contributed by atoms with E-state index in [1.165, 1.54) is 0 Å². The van der Waals surface area contributed by atoms with Gasteiger partial charge in [-0.1, -0.05) is 12.1 Å². The summed E-state index contributed by atoms with van der Waals surface area (Å²) in [6.07, 6.45) is -0.493. The van der Waals surface area contributed by atoms with Crippen molar-refractivity contribution in [2.75, 3.05) is 18.4 Å². The van der Waals surface area contributed by atoms with Gasteiger partial charge in [-0.2, -0.15) is 0 Å². The Labute approximate surface area is 86.1 Å². The van der Waals surface area contributed by atoms with Crippen LogP contribution in [0.1, 0.15) is 0 Å². The highest BCUT2D eigenvalue weighted by molar-refractivity contribution is 9.10. The smallest absolute Gasteiger partial charge is 0.0834 e. The van der Waals surface area contributed by atoms with E-state index in [2.05, 4.69) is 21.2 Å². The summed E-state index contributed by atoms with van der Waals surface area (Å²) in [4.78, 5) is 0. The van der Waals surface area contributed by atoms with E-state index < -0.39 is 6.10 Å². The molecule has 0 bridgehead atoms. The molecule has 0 saturated carbocycles. The van der Waals surface area contributed by atoms with Crippen LogP contribution in [0.3, 0.4) is 0 Å². The van der Waals surface area contributed by atoms with Gasteiger partial charge in [-0.05, 0) is 28.1 Å². The standard InChI is InChI=1S/C9H13BrN2O/c10-8-3-1-2-4-9(8)12-6-7(13)5-11/h1-4,7,12-13H,5-6,11H2/t7-/m1/s1. The van der Waals surface area contributed by atoms with E-state index >= 15 is 0 Å². The molecule has 0 aliphatic rings. The number of nitrogens with two attached hydrogens (primary N) is 1. The van der Waals surface area contributed by atoms with Crippen LogP contribution in [0.2, 0.25) is 0 Å². The highest BCUT2D eigenvalue weighted by atomic mass is 79.9. The highest BCUT2D eigenvalue weighted by Gasteiger charge is 2.01. The molecule has 0 saturated heterocycles. The number of hydrogen-bond donors (Lipinski definition) is 3. The number of halogens is 1. The fourth-order valence-corrected chi connectivity index (χ4v) is 1.34. The van der Waals surface area contributed by atoms with Crippen LogP contribution >= 0.6 is 15.9 Å². The van der Waals surface area contributed by atoms with Crippen molar-refractivity contribution in [2.24, 2.45) is 5.73 Å². The molecule has 0 radical (unpaired) electrons. The minimum Gasteiger partial charge on any atom is -0.390 e. The molecule has 0 unspecified atom stereocenters. The molecule has 1 atom stereocenters. The van der Waals surface area contributed by atoms with Crippen LogP contribution in [0.15, 0.2) is 28.7 Å². The van der Waals surface area contributed by atoms with Gasteiger partial charge in [-0.3, -0.25) is 0 Å². The van der Waals surface area contributed by atoms with Crippen LogP contribution in [-0.4, -0.2) is 24.3 Å². The summed E-state index contributed by atoms with van der Waals surface area (Å²) in [5, 5.41) is 12.3. The van der Waals surface area contributed by atoms with Gasteiger partial charge in [0, 0.05) is 23.2 Å². The van der Waals surface area contributed by atoms with Gasteiger partial charge < -0.3 is 16.2 Å². The maximum absolute atomic E-state index is 9.21. The van der Waals surface area contributed by atoms with E-state index in [9.17, 15) is 5.11 Å². The van der Waals surface area contributed by atoms with Crippen molar-refractivity contribution in [3.8, 4) is 0 Å². The molecule has 0 heterocycles. The van der Waals surface area contributed by atoms with Crippen LogP contribution < -0.4 is 11.1 Å². The molecule has 72 valence electrons. The third-order valence-electron chi connectivity index (χ3n) is 1.67. The van der Waals surface area contributed by atoms with Crippen molar-refractivity contribution in [1.29, 1.82) is 0 Å². The van der Waals surface area contributed by atoms with Gasteiger partial charge in [-0.15, -0.1) is 0 Å². The minimum absolute atomic E-state index is 0.275. The Kier molecular flexibility index (Phi) is 4.21. The van der Waals surface area contributed by atoms with Gasteiger partial charge in [0.25, 0.3) is 0 Å². The Morgan fingerprint density at radius 3 is 2.77 bits per heavy atom. The summed E-state index contributed by atoms with van der Waals surface area (Å²) in [7, 11) is 0. The fraction of sp³-hybridized carbons (Fsp3) is 0.333. The lowest BCUT2D eigenvalue weighted by Crippen LogP contribution is -2.27. The lowest BCUT2D eigenvalue weighted by atomic mass is 10.3. The number of benzene rings is 1. The number of rotatable bonds is 4. The predicted octanol–water partition coefficient (Wildman–Crippen LogP) is 1.18. The Hall–Kier alpha value is -0.580. The Balaban J connectivity index is 2.50. The average molecular weight is 245 g/mol. The number of nitrogens with one attached hydrogen (secondary N) is 1. The molecular formula is C9H13BrN2O. The summed E-state index contributed by atoms with van der Waals surface area (Å²) in [6, 6.07) is 7.75. The van der Waals surface area contributed by atoms with Crippen molar-refractivity contribution in [3.05, 3.63) is 28.7 Å². The van der Waals surface area contributed by atoms with E-state index in [0.717, 1.165) is 10.2 Å². The number of para-hydroxylation sites is 1. The first-order valence-electron chi connectivity index (χ1n) is 4.10. The van der Waals surface area contributed by atoms with Crippen LogP contribution in [-0.2, 0) is 0 Å². The maximum atomic E-state index is 9.21. The number of aliphatic hydroxyl groups excluding tert-OH is 1. The van der Waals surface area contributed by atoms with Crippen LogP contribution in [0.25, 0.3) is 0 Å². The van der Waals surface area contributed by atoms with Gasteiger partial charge >= 0.3 is 0 Å². The zero-order valence-corrected chi connectivity index (χ0v) is 8.79. The zero-order valence-electron chi connectivity index (χ0n) is 7.20. The topological polar surface area (TPSA) is 58.3 Å². The second kappa shape index (κ2) is 5.21. The van der Waals surface area contributed by atoms with Crippen LogP contribution in [0, 0.1) is 0 Å². The second-order valence-corrected chi connectivity index (χ2v) is 3.60. The van der Waals surface area contributed by atoms with E-state index in [1.54, 1.807) is 0 Å². The lowest BCUT2D eigenvalue weighted by Gasteiger charge is -2.11. The van der Waals surface area contributed by atoms with Crippen molar-refractivity contribution in [1.82, 2.24) is 0 Å². The predicted molar refractivity (Wildman–Crippen MR) is 57.7 cm³/mol. The molecule has 0 aliphatic carbocycles. The summed E-state index contributed by atoms with van der Waals surface area (Å²) in [5.41, 5.74) is 6.24. The number of aliphatic hydroxyl groups is 1. The van der Waals surface area contributed by atoms with Crippen molar-refractivity contribution >= 4 is 21.6 Å². The molecule has 3 nitrogen and oxygen atoms in total. The van der Waals surface area contributed by atoms with Gasteiger partial charge in [0.05, 0.1) is 6.10 Å². The Morgan fingerprint density at radius 2 is 2.15 bits per heavy atom. The van der Waals surface area contributed by atoms with Crippen LogP contribution in [0.4, 0.5) is 5.69 Å². The Morgan fingerprint density at radius 1 is 1.46 bits per heavy atom. The number of hydrogen-bond acceptors (Lipinski definition) is 3. The normalized spacial score (nSPS) is 12.5. The van der Waals surface area contributed by atoms with Crippen molar-refractivity contribution in [3.63, 3.8) is 0 Å². The van der Waals surface area contributed by atoms with E-state index in [4.69, 9.17) is 5.73 Å². The molecule has 1 aromatic rings. The summed E-state index contributed by atoms with van der Waals surface area (Å²) < 4.78 is 0.985. The molecular weight excluding hydrogens is 232 g/mol. The summed E-state index contributed by atoms with van der Waals surface area (Å²) >= 11 is 3.39. The third-order valence-corrected chi connectivity index (χ3v) is 2.37. The van der Waals surface area contributed by atoms with E-state index in [1.807, 2.05) is 24.3 Å². The Bertz CT molecular complexity index is 268. The van der Waals surface area contributed by atoms with Gasteiger partial charge in [0.1, 0.15) is 0 Å². The zero-order chi connectivity index (χ0) is 9.68. The van der Waals surface area contributed by atoms with Gasteiger partial charge in [-0.25, -0.2) is 0 Å². The van der Waals surface area contributed by atoms with Gasteiger partial charge in [0.2, 0.25) is 0 Å². The molecule has 0 amide bonds. The number of anilines is 1. The minimum atomic E-state index is -0.493. The summed E-state index contributed by atoms with van der Waals surface area (Å²) in [6.45, 7) is 0.747. The fourth-order valence-electron chi connectivity index (χ4n) is 0.916. The molecule has 4 heteroatoms. The quantitative estimate of drug-likeness (QED) is 0.746. The molecule has 4 N–H and O–H groups in total. The van der Waals surface area contributed by atoms with E-state index in [0.29, 0.717) is 6.54 Å². The monoisotopic (exact) mass is 244 g/mol. The van der Waals surface area contributed by atoms with E-state index in [-0.39, 0.29) is 6.54 Å². The molecule has 13 heavy (non-hydrogen) atoms. The van der Waals surface area contributed by atoms with Crippen LogP contribution in [0.5, 0.6) is 0 Å². The largest absolute Gasteiger partial charge is 0.390 e. The maximum Gasteiger partial charge on any atom is 0.0834 e. The highest BCUT2D eigenvalue weighted by Crippen LogP contribution is 2.20. The molecule has 1 aromatic carbocycles.